The molecular weight excluding hydrogens is 238 g/mol. The minimum absolute atomic E-state index is 0.474. The predicted octanol–water partition coefficient (Wildman–Crippen LogP) is 2.54. The molecule has 0 radical (unpaired) electrons. The van der Waals surface area contributed by atoms with E-state index in [-0.39, 0.29) is 0 Å². The minimum Gasteiger partial charge on any atom is -0.492 e. The first-order chi connectivity index (χ1) is 7.86. The van der Waals surface area contributed by atoms with Crippen molar-refractivity contribution in [1.29, 1.82) is 0 Å². The van der Waals surface area contributed by atoms with Gasteiger partial charge < -0.3 is 4.74 Å². The molecule has 96 valence electrons. The van der Waals surface area contributed by atoms with Gasteiger partial charge in [-0.15, -0.1) is 0 Å². The Hall–Kier alpha value is -1.23. The van der Waals surface area contributed by atoms with Crippen LogP contribution in [-0.4, -0.2) is 20.3 Å². The van der Waals surface area contributed by atoms with E-state index in [2.05, 4.69) is 4.72 Å². The quantitative estimate of drug-likeness (QED) is 0.882. The lowest BCUT2D eigenvalue weighted by Gasteiger charge is -2.15. The number of hydrogen-bond acceptors (Lipinski definition) is 3. The summed E-state index contributed by atoms with van der Waals surface area (Å²) in [5.41, 5.74) is 1.52. The van der Waals surface area contributed by atoms with Crippen LogP contribution >= 0.6 is 0 Å². The largest absolute Gasteiger partial charge is 0.492 e. The fourth-order valence-corrected chi connectivity index (χ4v) is 1.97. The molecule has 0 spiro atoms. The summed E-state index contributed by atoms with van der Waals surface area (Å²) >= 11 is 0. The smallest absolute Gasteiger partial charge is 0.235 e. The van der Waals surface area contributed by atoms with Crippen molar-refractivity contribution in [3.63, 3.8) is 0 Å². The molecule has 0 saturated heterocycles. The zero-order chi connectivity index (χ0) is 13.1. The van der Waals surface area contributed by atoms with E-state index >= 15 is 0 Å². The van der Waals surface area contributed by atoms with Gasteiger partial charge in [0.2, 0.25) is 10.0 Å². The number of ether oxygens (including phenoxy) is 1. The summed E-state index contributed by atoms with van der Waals surface area (Å²) in [5, 5.41) is -0.474. The van der Waals surface area contributed by atoms with E-state index in [9.17, 15) is 8.42 Å². The molecule has 4 nitrogen and oxygen atoms in total. The summed E-state index contributed by atoms with van der Waals surface area (Å²) in [4.78, 5) is 0. The van der Waals surface area contributed by atoms with Gasteiger partial charge in [-0.25, -0.2) is 8.42 Å². The van der Waals surface area contributed by atoms with Crippen molar-refractivity contribution in [3.05, 3.63) is 23.8 Å². The third kappa shape index (κ3) is 3.63. The molecule has 5 heteroatoms. The summed E-state index contributed by atoms with van der Waals surface area (Å²) in [6, 6.07) is 5.39. The van der Waals surface area contributed by atoms with Gasteiger partial charge in [-0.05, 0) is 45.4 Å². The van der Waals surface area contributed by atoms with E-state index in [0.717, 1.165) is 5.56 Å². The molecule has 1 aromatic rings. The number of aryl methyl sites for hydroxylation is 1. The Bertz CT molecular complexity index is 481. The molecule has 0 aliphatic rings. The van der Waals surface area contributed by atoms with Crippen molar-refractivity contribution in [1.82, 2.24) is 0 Å². The van der Waals surface area contributed by atoms with Gasteiger partial charge in [0.15, 0.2) is 0 Å². The van der Waals surface area contributed by atoms with Gasteiger partial charge in [-0.1, -0.05) is 6.07 Å². The highest BCUT2D eigenvalue weighted by Gasteiger charge is 2.17. The summed E-state index contributed by atoms with van der Waals surface area (Å²) in [6.45, 7) is 7.57. The van der Waals surface area contributed by atoms with Crippen LogP contribution in [0.15, 0.2) is 18.2 Å². The molecule has 0 fully saturated rings. The number of hydrogen-bond donors (Lipinski definition) is 1. The van der Waals surface area contributed by atoms with Crippen molar-refractivity contribution < 1.29 is 13.2 Å². The topological polar surface area (TPSA) is 55.4 Å². The average Bonchev–Trinajstić information content (AvgIpc) is 2.22. The molecule has 0 aromatic heterocycles. The summed E-state index contributed by atoms with van der Waals surface area (Å²) in [5.74, 6) is 0.566. The van der Waals surface area contributed by atoms with Crippen LogP contribution in [0.3, 0.4) is 0 Å². The first-order valence-corrected chi connectivity index (χ1v) is 7.16. The maximum atomic E-state index is 11.8. The SMILES string of the molecule is CCOc1cc(C)ccc1NS(=O)(=O)C(C)C. The van der Waals surface area contributed by atoms with Crippen LogP contribution in [-0.2, 0) is 10.0 Å². The van der Waals surface area contributed by atoms with Crippen LogP contribution in [0.2, 0.25) is 0 Å². The Kier molecular flexibility index (Phi) is 4.40. The molecule has 0 aliphatic carbocycles. The Morgan fingerprint density at radius 1 is 1.35 bits per heavy atom. The first-order valence-electron chi connectivity index (χ1n) is 5.62. The Labute approximate surface area is 103 Å². The van der Waals surface area contributed by atoms with Crippen molar-refractivity contribution in [2.75, 3.05) is 11.3 Å². The lowest BCUT2D eigenvalue weighted by atomic mass is 10.2. The van der Waals surface area contributed by atoms with Gasteiger partial charge in [0.05, 0.1) is 17.5 Å². The maximum absolute atomic E-state index is 11.8. The second-order valence-electron chi connectivity index (χ2n) is 4.13. The molecule has 0 atom stereocenters. The van der Waals surface area contributed by atoms with Crippen LogP contribution in [0.4, 0.5) is 5.69 Å². The van der Waals surface area contributed by atoms with Gasteiger partial charge in [0.25, 0.3) is 0 Å². The number of nitrogens with one attached hydrogen (secondary N) is 1. The molecule has 0 unspecified atom stereocenters. The standard InChI is InChI=1S/C12H19NO3S/c1-5-16-12-8-10(4)6-7-11(12)13-17(14,15)9(2)3/h6-9,13H,5H2,1-4H3. The number of anilines is 1. The number of benzene rings is 1. The van der Waals surface area contributed by atoms with Gasteiger partial charge >= 0.3 is 0 Å². The molecule has 0 amide bonds. The first kappa shape index (κ1) is 13.8. The number of rotatable bonds is 5. The van der Waals surface area contributed by atoms with E-state index < -0.39 is 15.3 Å². The lowest BCUT2D eigenvalue weighted by molar-refractivity contribution is 0.342. The second kappa shape index (κ2) is 5.40. The third-order valence-electron chi connectivity index (χ3n) is 2.31. The van der Waals surface area contributed by atoms with E-state index in [1.54, 1.807) is 19.9 Å². The van der Waals surface area contributed by atoms with Crippen molar-refractivity contribution >= 4 is 15.7 Å². The Balaban J connectivity index is 3.06. The summed E-state index contributed by atoms with van der Waals surface area (Å²) < 4.78 is 31.5. The fourth-order valence-electron chi connectivity index (χ4n) is 1.26. The van der Waals surface area contributed by atoms with Crippen molar-refractivity contribution in [2.24, 2.45) is 0 Å². The third-order valence-corrected chi connectivity index (χ3v) is 4.06. The highest BCUT2D eigenvalue weighted by molar-refractivity contribution is 7.93. The molecule has 1 rings (SSSR count). The van der Waals surface area contributed by atoms with Crippen LogP contribution in [0.5, 0.6) is 5.75 Å². The van der Waals surface area contributed by atoms with Crippen LogP contribution < -0.4 is 9.46 Å². The molecule has 0 saturated carbocycles. The van der Waals surface area contributed by atoms with Crippen molar-refractivity contribution in [3.8, 4) is 5.75 Å². The van der Waals surface area contributed by atoms with E-state index in [0.29, 0.717) is 18.0 Å². The molecule has 1 aromatic carbocycles. The minimum atomic E-state index is -3.33. The van der Waals surface area contributed by atoms with Crippen LogP contribution in [0, 0.1) is 6.92 Å². The summed E-state index contributed by atoms with van der Waals surface area (Å²) in [6.07, 6.45) is 0. The molecule has 1 N–H and O–H groups in total. The second-order valence-corrected chi connectivity index (χ2v) is 6.37. The summed E-state index contributed by atoms with van der Waals surface area (Å²) in [7, 11) is -3.33. The van der Waals surface area contributed by atoms with Gasteiger partial charge in [0.1, 0.15) is 5.75 Å². The average molecular weight is 257 g/mol. The molecular formula is C12H19NO3S. The van der Waals surface area contributed by atoms with Gasteiger partial charge in [-0.3, -0.25) is 4.72 Å². The monoisotopic (exact) mass is 257 g/mol. The van der Waals surface area contributed by atoms with Crippen LogP contribution in [0.1, 0.15) is 26.3 Å². The highest BCUT2D eigenvalue weighted by Crippen LogP contribution is 2.27. The maximum Gasteiger partial charge on any atom is 0.235 e. The van der Waals surface area contributed by atoms with Crippen LogP contribution in [0.25, 0.3) is 0 Å². The number of sulfonamides is 1. The normalized spacial score (nSPS) is 11.6. The molecule has 17 heavy (non-hydrogen) atoms. The molecule has 0 heterocycles. The van der Waals surface area contributed by atoms with Gasteiger partial charge in [-0.2, -0.15) is 0 Å². The molecule has 0 bridgehead atoms. The van der Waals surface area contributed by atoms with E-state index in [4.69, 9.17) is 4.74 Å². The fraction of sp³-hybridized carbons (Fsp3) is 0.500. The zero-order valence-corrected chi connectivity index (χ0v) is 11.5. The lowest BCUT2D eigenvalue weighted by Crippen LogP contribution is -2.22. The van der Waals surface area contributed by atoms with E-state index in [1.807, 2.05) is 26.0 Å². The molecule has 0 aliphatic heterocycles. The Morgan fingerprint density at radius 3 is 2.53 bits per heavy atom. The van der Waals surface area contributed by atoms with Crippen molar-refractivity contribution in [2.45, 2.75) is 32.9 Å². The predicted molar refractivity (Wildman–Crippen MR) is 70.0 cm³/mol. The van der Waals surface area contributed by atoms with Gasteiger partial charge in [0, 0.05) is 0 Å². The van der Waals surface area contributed by atoms with E-state index in [1.165, 1.54) is 0 Å². The Morgan fingerprint density at radius 2 is 2.00 bits per heavy atom. The zero-order valence-electron chi connectivity index (χ0n) is 10.6. The highest BCUT2D eigenvalue weighted by atomic mass is 32.2.